The highest BCUT2D eigenvalue weighted by atomic mass is 16.5. The Labute approximate surface area is 102 Å². The van der Waals surface area contributed by atoms with E-state index in [9.17, 15) is 10.0 Å². The Balaban J connectivity index is 2.06. The van der Waals surface area contributed by atoms with E-state index in [0.29, 0.717) is 17.5 Å². The van der Waals surface area contributed by atoms with E-state index in [1.54, 1.807) is 12.1 Å². The topological polar surface area (TPSA) is 92.4 Å². The Morgan fingerprint density at radius 3 is 3.11 bits per heavy atom. The number of carbonyl (C=O) groups excluding carboxylic acids is 1. The van der Waals surface area contributed by atoms with Crippen LogP contribution < -0.4 is 5.43 Å². The lowest BCUT2D eigenvalue weighted by Gasteiger charge is -2.18. The number of aromatic nitrogens is 3. The minimum absolute atomic E-state index is 0.0559. The predicted octanol–water partition coefficient (Wildman–Crippen LogP) is 0.529. The van der Waals surface area contributed by atoms with Crippen molar-refractivity contribution in [2.75, 3.05) is 0 Å². The molecule has 1 aliphatic heterocycles. The van der Waals surface area contributed by atoms with Crippen LogP contribution in [-0.2, 0) is 4.79 Å². The SMILES string of the molecule is C[C@@H]1CC(=O)NN=C1c1ccc2c(c1)nnn2O. The summed E-state index contributed by atoms with van der Waals surface area (Å²) in [5, 5.41) is 20.8. The summed E-state index contributed by atoms with van der Waals surface area (Å²) in [5.41, 5.74) is 5.27. The number of carbonyl (C=O) groups is 1. The summed E-state index contributed by atoms with van der Waals surface area (Å²) in [7, 11) is 0. The average Bonchev–Trinajstić information content (AvgIpc) is 2.71. The largest absolute Gasteiger partial charge is 0.410 e. The Bertz CT molecular complexity index is 660. The molecule has 7 heteroatoms. The van der Waals surface area contributed by atoms with Gasteiger partial charge in [-0.05, 0) is 17.3 Å². The zero-order chi connectivity index (χ0) is 12.7. The van der Waals surface area contributed by atoms with Crippen molar-refractivity contribution in [3.8, 4) is 0 Å². The maximum Gasteiger partial charge on any atom is 0.240 e. The monoisotopic (exact) mass is 245 g/mol. The van der Waals surface area contributed by atoms with E-state index in [2.05, 4.69) is 20.8 Å². The van der Waals surface area contributed by atoms with Gasteiger partial charge in [-0.25, -0.2) is 5.43 Å². The third-order valence-electron chi connectivity index (χ3n) is 2.98. The first-order chi connectivity index (χ1) is 8.65. The molecule has 7 nitrogen and oxygen atoms in total. The van der Waals surface area contributed by atoms with E-state index in [4.69, 9.17) is 0 Å². The molecule has 0 bridgehead atoms. The van der Waals surface area contributed by atoms with Crippen LogP contribution in [0.25, 0.3) is 11.0 Å². The van der Waals surface area contributed by atoms with Gasteiger partial charge in [0.25, 0.3) is 0 Å². The molecule has 92 valence electrons. The van der Waals surface area contributed by atoms with Crippen molar-refractivity contribution < 1.29 is 10.0 Å². The molecule has 0 saturated heterocycles. The zero-order valence-corrected chi connectivity index (χ0v) is 9.66. The summed E-state index contributed by atoms with van der Waals surface area (Å²) in [6.45, 7) is 1.95. The quantitative estimate of drug-likeness (QED) is 0.717. The van der Waals surface area contributed by atoms with Crippen molar-refractivity contribution in [2.45, 2.75) is 13.3 Å². The lowest BCUT2D eigenvalue weighted by molar-refractivity contribution is -0.121. The first kappa shape index (κ1) is 10.7. The number of nitrogens with one attached hydrogen (secondary N) is 1. The Hall–Kier alpha value is -2.44. The van der Waals surface area contributed by atoms with Gasteiger partial charge in [0.15, 0.2) is 0 Å². The molecule has 1 aromatic carbocycles. The number of fused-ring (bicyclic) bond motifs is 1. The van der Waals surface area contributed by atoms with Gasteiger partial charge < -0.3 is 5.21 Å². The summed E-state index contributed by atoms with van der Waals surface area (Å²) >= 11 is 0. The molecule has 0 aliphatic carbocycles. The molecule has 0 spiro atoms. The van der Waals surface area contributed by atoms with Crippen LogP contribution in [0.4, 0.5) is 0 Å². The molecule has 2 aromatic rings. The van der Waals surface area contributed by atoms with Gasteiger partial charge in [0.2, 0.25) is 5.91 Å². The molecule has 0 unspecified atom stereocenters. The fourth-order valence-corrected chi connectivity index (χ4v) is 2.07. The minimum Gasteiger partial charge on any atom is -0.410 e. The standard InChI is InChI=1S/C11H11N5O2/c1-6-4-10(17)13-14-11(6)7-2-3-9-8(5-7)12-15-16(9)18/h2-3,5-6,18H,4H2,1H3,(H,13,17)/t6-/m1/s1. The molecule has 1 atom stereocenters. The van der Waals surface area contributed by atoms with Crippen LogP contribution >= 0.6 is 0 Å². The minimum atomic E-state index is -0.0753. The van der Waals surface area contributed by atoms with Gasteiger partial charge in [-0.15, -0.1) is 5.10 Å². The number of nitrogens with zero attached hydrogens (tertiary/aromatic N) is 4. The van der Waals surface area contributed by atoms with E-state index in [1.807, 2.05) is 13.0 Å². The summed E-state index contributed by atoms with van der Waals surface area (Å²) in [6, 6.07) is 5.34. The van der Waals surface area contributed by atoms with E-state index in [0.717, 1.165) is 16.1 Å². The Kier molecular flexibility index (Phi) is 2.26. The second-order valence-corrected chi connectivity index (χ2v) is 4.32. The number of hydrazone groups is 1. The predicted molar refractivity (Wildman–Crippen MR) is 63.2 cm³/mol. The van der Waals surface area contributed by atoms with Crippen LogP contribution in [-0.4, -0.2) is 32.0 Å². The highest BCUT2D eigenvalue weighted by Crippen LogP contribution is 2.19. The molecular weight excluding hydrogens is 234 g/mol. The van der Waals surface area contributed by atoms with Crippen LogP contribution in [0.3, 0.4) is 0 Å². The maximum absolute atomic E-state index is 11.2. The van der Waals surface area contributed by atoms with Crippen LogP contribution in [0, 0.1) is 5.92 Å². The van der Waals surface area contributed by atoms with Crippen molar-refractivity contribution in [1.82, 2.24) is 20.6 Å². The molecule has 1 amide bonds. The third-order valence-corrected chi connectivity index (χ3v) is 2.98. The summed E-state index contributed by atoms with van der Waals surface area (Å²) < 4.78 is 0. The van der Waals surface area contributed by atoms with Gasteiger partial charge in [0.1, 0.15) is 11.0 Å². The van der Waals surface area contributed by atoms with E-state index in [1.165, 1.54) is 0 Å². The second-order valence-electron chi connectivity index (χ2n) is 4.32. The van der Waals surface area contributed by atoms with Crippen LogP contribution in [0.5, 0.6) is 0 Å². The normalized spacial score (nSPS) is 19.7. The van der Waals surface area contributed by atoms with E-state index in [-0.39, 0.29) is 11.8 Å². The molecule has 0 saturated carbocycles. The van der Waals surface area contributed by atoms with Gasteiger partial charge in [0.05, 0.1) is 5.71 Å². The fraction of sp³-hybridized carbons (Fsp3) is 0.273. The number of hydrogen-bond acceptors (Lipinski definition) is 5. The maximum atomic E-state index is 11.2. The molecular formula is C11H11N5O2. The van der Waals surface area contributed by atoms with Crippen LogP contribution in [0.2, 0.25) is 0 Å². The molecule has 1 aromatic heterocycles. The fourth-order valence-electron chi connectivity index (χ4n) is 2.07. The van der Waals surface area contributed by atoms with Gasteiger partial charge in [-0.3, -0.25) is 4.79 Å². The Morgan fingerprint density at radius 2 is 2.33 bits per heavy atom. The van der Waals surface area contributed by atoms with E-state index >= 15 is 0 Å². The van der Waals surface area contributed by atoms with Gasteiger partial charge in [-0.2, -0.15) is 5.10 Å². The number of hydrogen-bond donors (Lipinski definition) is 2. The van der Waals surface area contributed by atoms with Crippen molar-refractivity contribution >= 4 is 22.7 Å². The molecule has 1 aliphatic rings. The average molecular weight is 245 g/mol. The molecule has 3 rings (SSSR count). The summed E-state index contributed by atoms with van der Waals surface area (Å²) in [6.07, 6.45) is 0.420. The lowest BCUT2D eigenvalue weighted by atomic mass is 9.94. The van der Waals surface area contributed by atoms with Crippen molar-refractivity contribution in [1.29, 1.82) is 0 Å². The molecule has 0 radical (unpaired) electrons. The van der Waals surface area contributed by atoms with Gasteiger partial charge in [-0.1, -0.05) is 17.8 Å². The molecule has 2 heterocycles. The molecule has 0 fully saturated rings. The van der Waals surface area contributed by atoms with E-state index < -0.39 is 0 Å². The first-order valence-electron chi connectivity index (χ1n) is 5.56. The number of benzene rings is 1. The van der Waals surface area contributed by atoms with Crippen molar-refractivity contribution in [3.05, 3.63) is 23.8 Å². The highest BCUT2D eigenvalue weighted by molar-refractivity contribution is 6.07. The molecule has 2 N–H and O–H groups in total. The van der Waals surface area contributed by atoms with Gasteiger partial charge in [0, 0.05) is 17.9 Å². The zero-order valence-electron chi connectivity index (χ0n) is 9.66. The Morgan fingerprint density at radius 1 is 1.50 bits per heavy atom. The lowest BCUT2D eigenvalue weighted by Crippen LogP contribution is -2.31. The second kappa shape index (κ2) is 3.80. The third kappa shape index (κ3) is 1.60. The van der Waals surface area contributed by atoms with Gasteiger partial charge >= 0.3 is 0 Å². The summed E-state index contributed by atoms with van der Waals surface area (Å²) in [4.78, 5) is 11.9. The van der Waals surface area contributed by atoms with Crippen molar-refractivity contribution in [2.24, 2.45) is 11.0 Å². The van der Waals surface area contributed by atoms with Crippen LogP contribution in [0.1, 0.15) is 18.9 Å². The van der Waals surface area contributed by atoms with Crippen LogP contribution in [0.15, 0.2) is 23.3 Å². The highest BCUT2D eigenvalue weighted by Gasteiger charge is 2.22. The molecule has 18 heavy (non-hydrogen) atoms. The summed E-state index contributed by atoms with van der Waals surface area (Å²) in [5.74, 6) is -0.0194. The smallest absolute Gasteiger partial charge is 0.240 e. The van der Waals surface area contributed by atoms with Crippen molar-refractivity contribution in [3.63, 3.8) is 0 Å². The first-order valence-corrected chi connectivity index (χ1v) is 5.56. The number of amides is 1. The number of rotatable bonds is 1.